The summed E-state index contributed by atoms with van der Waals surface area (Å²) < 4.78 is 6.31. The molecular formula is C15H21BrN2O2. The van der Waals surface area contributed by atoms with Crippen molar-refractivity contribution >= 4 is 21.8 Å². The molecule has 2 heterocycles. The zero-order chi connectivity index (χ0) is 14.2. The summed E-state index contributed by atoms with van der Waals surface area (Å²) in [7, 11) is 0. The molecule has 2 N–H and O–H groups in total. The quantitative estimate of drug-likeness (QED) is 0.896. The van der Waals surface area contributed by atoms with E-state index in [4.69, 9.17) is 10.2 Å². The summed E-state index contributed by atoms with van der Waals surface area (Å²) in [5.74, 6) is 1.62. The van der Waals surface area contributed by atoms with Gasteiger partial charge in [-0.25, -0.2) is 0 Å². The Bertz CT molecular complexity index is 488. The second-order valence-electron chi connectivity index (χ2n) is 6.27. The number of halogens is 1. The third-order valence-electron chi connectivity index (χ3n) is 4.72. The monoisotopic (exact) mass is 340 g/mol. The zero-order valence-corrected chi connectivity index (χ0v) is 13.2. The van der Waals surface area contributed by atoms with Gasteiger partial charge in [0, 0.05) is 0 Å². The van der Waals surface area contributed by atoms with Crippen LogP contribution in [0.15, 0.2) is 21.2 Å². The van der Waals surface area contributed by atoms with Gasteiger partial charge in [0.1, 0.15) is 5.76 Å². The van der Waals surface area contributed by atoms with E-state index in [9.17, 15) is 4.79 Å². The van der Waals surface area contributed by atoms with Crippen LogP contribution >= 0.6 is 15.9 Å². The Hall–Kier alpha value is -0.810. The molecule has 2 aliphatic rings. The van der Waals surface area contributed by atoms with Gasteiger partial charge in [0.05, 0.1) is 12.0 Å². The van der Waals surface area contributed by atoms with Crippen molar-refractivity contribution in [1.82, 2.24) is 4.90 Å². The van der Waals surface area contributed by atoms with Crippen LogP contribution < -0.4 is 5.73 Å². The molecule has 110 valence electrons. The first-order chi connectivity index (χ1) is 9.57. The normalized spacial score (nSPS) is 22.9. The molecule has 0 radical (unpaired) electrons. The summed E-state index contributed by atoms with van der Waals surface area (Å²) in [6, 6.07) is 3.91. The lowest BCUT2D eigenvalue weighted by Crippen LogP contribution is -2.47. The highest BCUT2D eigenvalue weighted by Crippen LogP contribution is 2.45. The molecule has 2 fully saturated rings. The van der Waals surface area contributed by atoms with Gasteiger partial charge in [0.25, 0.3) is 0 Å². The van der Waals surface area contributed by atoms with Crippen molar-refractivity contribution in [3.8, 4) is 0 Å². The van der Waals surface area contributed by atoms with Crippen LogP contribution in [0.3, 0.4) is 0 Å². The highest BCUT2D eigenvalue weighted by Gasteiger charge is 2.43. The van der Waals surface area contributed by atoms with Gasteiger partial charge in [0.15, 0.2) is 4.67 Å². The molecule has 0 spiro atoms. The van der Waals surface area contributed by atoms with Gasteiger partial charge in [-0.15, -0.1) is 0 Å². The molecule has 0 bridgehead atoms. The zero-order valence-electron chi connectivity index (χ0n) is 11.6. The Kier molecular flexibility index (Phi) is 3.91. The van der Waals surface area contributed by atoms with Crippen LogP contribution in [0.1, 0.15) is 37.9 Å². The number of nitrogens with two attached hydrogens (primary N) is 1. The van der Waals surface area contributed by atoms with Crippen LogP contribution in [0, 0.1) is 11.3 Å². The fourth-order valence-corrected chi connectivity index (χ4v) is 3.56. The molecule has 1 aromatic heterocycles. The Labute approximate surface area is 127 Å². The lowest BCUT2D eigenvalue weighted by atomic mass is 9.73. The topological polar surface area (TPSA) is 59.5 Å². The van der Waals surface area contributed by atoms with Crippen LogP contribution in [0.2, 0.25) is 0 Å². The minimum absolute atomic E-state index is 0.0928. The van der Waals surface area contributed by atoms with Crippen molar-refractivity contribution in [2.24, 2.45) is 17.1 Å². The average Bonchev–Trinajstić information content (AvgIpc) is 3.13. The lowest BCUT2D eigenvalue weighted by Gasteiger charge is -2.39. The van der Waals surface area contributed by atoms with Gasteiger partial charge in [-0.3, -0.25) is 9.69 Å². The smallest absolute Gasteiger partial charge is 0.223 e. The van der Waals surface area contributed by atoms with Gasteiger partial charge >= 0.3 is 0 Å². The average molecular weight is 341 g/mol. The van der Waals surface area contributed by atoms with Crippen LogP contribution in [0.4, 0.5) is 0 Å². The van der Waals surface area contributed by atoms with Gasteiger partial charge in [-0.05, 0) is 66.3 Å². The predicted molar refractivity (Wildman–Crippen MR) is 79.9 cm³/mol. The summed E-state index contributed by atoms with van der Waals surface area (Å²) in [6.45, 7) is 2.66. The number of nitrogens with zero attached hydrogens (tertiary/aromatic N) is 1. The van der Waals surface area contributed by atoms with Crippen LogP contribution in [0.25, 0.3) is 0 Å². The predicted octanol–water partition coefficient (Wildman–Crippen LogP) is 2.91. The molecule has 1 saturated heterocycles. The summed E-state index contributed by atoms with van der Waals surface area (Å²) in [6.07, 6.45) is 5.34. The summed E-state index contributed by atoms with van der Waals surface area (Å²) >= 11 is 3.32. The Balaban J connectivity index is 1.58. The van der Waals surface area contributed by atoms with E-state index >= 15 is 0 Å². The number of rotatable bonds is 5. The fourth-order valence-electron chi connectivity index (χ4n) is 3.22. The van der Waals surface area contributed by atoms with Crippen molar-refractivity contribution in [2.75, 3.05) is 13.1 Å². The first-order valence-electron chi connectivity index (χ1n) is 7.34. The SMILES string of the molecule is NC(=O)C1(CC2CC2)CCN(Cc2ccc(Br)o2)CC1. The number of carbonyl (C=O) groups excluding carboxylic acids is 1. The molecule has 1 aromatic rings. The fraction of sp³-hybridized carbons (Fsp3) is 0.667. The van der Waals surface area contributed by atoms with Gasteiger partial charge in [-0.2, -0.15) is 0 Å². The van der Waals surface area contributed by atoms with Crippen molar-refractivity contribution in [2.45, 2.75) is 38.6 Å². The Morgan fingerprint density at radius 3 is 2.60 bits per heavy atom. The second kappa shape index (κ2) is 5.53. The number of primary amides is 1. The standard InChI is InChI=1S/C15H21BrN2O2/c16-13-4-3-12(20-13)10-18-7-5-15(6-8-18,14(17)19)9-11-1-2-11/h3-4,11H,1-2,5-10H2,(H2,17,19). The summed E-state index contributed by atoms with van der Waals surface area (Å²) in [5, 5.41) is 0. The molecule has 0 aromatic carbocycles. The summed E-state index contributed by atoms with van der Waals surface area (Å²) in [5.41, 5.74) is 5.45. The van der Waals surface area contributed by atoms with E-state index in [1.807, 2.05) is 12.1 Å². The third-order valence-corrected chi connectivity index (χ3v) is 5.15. The highest BCUT2D eigenvalue weighted by molar-refractivity contribution is 9.10. The molecule has 5 heteroatoms. The van der Waals surface area contributed by atoms with Crippen LogP contribution in [0.5, 0.6) is 0 Å². The number of furan rings is 1. The molecule has 3 rings (SSSR count). The summed E-state index contributed by atoms with van der Waals surface area (Å²) in [4.78, 5) is 14.2. The van der Waals surface area contributed by atoms with Gasteiger partial charge < -0.3 is 10.2 Å². The molecule has 1 aliphatic carbocycles. The Morgan fingerprint density at radius 1 is 1.40 bits per heavy atom. The first kappa shape index (κ1) is 14.1. The number of piperidine rings is 1. The van der Waals surface area contributed by atoms with Crippen LogP contribution in [-0.2, 0) is 11.3 Å². The highest BCUT2D eigenvalue weighted by atomic mass is 79.9. The number of hydrogen-bond acceptors (Lipinski definition) is 3. The minimum Gasteiger partial charge on any atom is -0.453 e. The maximum atomic E-state index is 11.9. The van der Waals surface area contributed by atoms with E-state index in [1.54, 1.807) is 0 Å². The molecule has 1 aliphatic heterocycles. The second-order valence-corrected chi connectivity index (χ2v) is 7.06. The maximum absolute atomic E-state index is 11.9. The molecule has 0 unspecified atom stereocenters. The van der Waals surface area contributed by atoms with Crippen molar-refractivity contribution < 1.29 is 9.21 Å². The van der Waals surface area contributed by atoms with Gasteiger partial charge in [0.2, 0.25) is 5.91 Å². The lowest BCUT2D eigenvalue weighted by molar-refractivity contribution is -0.131. The molecule has 0 atom stereocenters. The van der Waals surface area contributed by atoms with Crippen molar-refractivity contribution in [3.63, 3.8) is 0 Å². The molecule has 20 heavy (non-hydrogen) atoms. The van der Waals surface area contributed by atoms with Crippen molar-refractivity contribution in [1.29, 1.82) is 0 Å². The molecule has 1 saturated carbocycles. The third kappa shape index (κ3) is 3.09. The minimum atomic E-state index is -0.249. The first-order valence-corrected chi connectivity index (χ1v) is 8.13. The molecule has 1 amide bonds. The number of carbonyl (C=O) groups is 1. The largest absolute Gasteiger partial charge is 0.453 e. The van der Waals surface area contributed by atoms with E-state index < -0.39 is 0 Å². The number of hydrogen-bond donors (Lipinski definition) is 1. The van der Waals surface area contributed by atoms with Gasteiger partial charge in [-0.1, -0.05) is 12.8 Å². The van der Waals surface area contributed by atoms with E-state index in [0.29, 0.717) is 0 Å². The maximum Gasteiger partial charge on any atom is 0.223 e. The van der Waals surface area contributed by atoms with E-state index in [0.717, 1.165) is 55.2 Å². The van der Waals surface area contributed by atoms with Crippen LogP contribution in [-0.4, -0.2) is 23.9 Å². The molecular weight excluding hydrogens is 320 g/mol. The Morgan fingerprint density at radius 2 is 2.10 bits per heavy atom. The molecule has 4 nitrogen and oxygen atoms in total. The van der Waals surface area contributed by atoms with E-state index in [2.05, 4.69) is 20.8 Å². The van der Waals surface area contributed by atoms with E-state index in [1.165, 1.54) is 12.8 Å². The number of likely N-dealkylation sites (tertiary alicyclic amines) is 1. The number of amides is 1. The van der Waals surface area contributed by atoms with Crippen molar-refractivity contribution in [3.05, 3.63) is 22.6 Å². The van der Waals surface area contributed by atoms with E-state index in [-0.39, 0.29) is 11.3 Å².